The number of rotatable bonds is 5. The molecule has 0 radical (unpaired) electrons. The first-order valence-corrected chi connectivity index (χ1v) is 4.38. The minimum absolute atomic E-state index is 0.259. The van der Waals surface area contributed by atoms with Crippen LogP contribution in [0.4, 0.5) is 8.78 Å². The zero-order valence-electron chi connectivity index (χ0n) is 8.44. The van der Waals surface area contributed by atoms with Gasteiger partial charge in [0, 0.05) is 7.11 Å². The van der Waals surface area contributed by atoms with E-state index in [2.05, 4.69) is 4.74 Å². The van der Waals surface area contributed by atoms with Gasteiger partial charge in [0.1, 0.15) is 0 Å². The summed E-state index contributed by atoms with van der Waals surface area (Å²) in [5.41, 5.74) is 0. The van der Waals surface area contributed by atoms with Gasteiger partial charge in [-0.15, -0.1) is 0 Å². The molecule has 1 aromatic rings. The van der Waals surface area contributed by atoms with E-state index in [-0.39, 0.29) is 6.61 Å². The van der Waals surface area contributed by atoms with E-state index in [1.807, 2.05) is 0 Å². The molecule has 0 saturated heterocycles. The molecule has 0 spiro atoms. The van der Waals surface area contributed by atoms with E-state index >= 15 is 0 Å². The Balaban J connectivity index is 2.85. The Morgan fingerprint density at radius 3 is 2.75 bits per heavy atom. The van der Waals surface area contributed by atoms with Crippen LogP contribution in [0.1, 0.15) is 0 Å². The normalized spacial score (nSPS) is 12.2. The van der Waals surface area contributed by atoms with E-state index in [9.17, 15) is 13.6 Å². The fourth-order valence-electron chi connectivity index (χ4n) is 1.04. The SMILES string of the molecule is COCC(Oc1cccc(F)c1F)C(=O)O. The van der Waals surface area contributed by atoms with Crippen LogP contribution in [0.15, 0.2) is 18.2 Å². The number of ether oxygens (including phenoxy) is 2. The summed E-state index contributed by atoms with van der Waals surface area (Å²) < 4.78 is 35.3. The third kappa shape index (κ3) is 2.90. The van der Waals surface area contributed by atoms with Crippen LogP contribution < -0.4 is 4.74 Å². The molecule has 6 heteroatoms. The molecule has 1 N–H and O–H groups in total. The summed E-state index contributed by atoms with van der Waals surface area (Å²) in [6.45, 7) is -0.259. The first-order chi connectivity index (χ1) is 7.56. The number of halogens is 2. The molecule has 0 saturated carbocycles. The maximum Gasteiger partial charge on any atom is 0.347 e. The number of methoxy groups -OCH3 is 1. The Hall–Kier alpha value is -1.69. The van der Waals surface area contributed by atoms with Crippen molar-refractivity contribution in [3.63, 3.8) is 0 Å². The van der Waals surface area contributed by atoms with Crippen molar-refractivity contribution in [3.8, 4) is 5.75 Å². The van der Waals surface area contributed by atoms with Crippen molar-refractivity contribution in [1.82, 2.24) is 0 Å². The number of hydrogen-bond acceptors (Lipinski definition) is 3. The summed E-state index contributed by atoms with van der Waals surface area (Å²) in [7, 11) is 1.28. The predicted octanol–water partition coefficient (Wildman–Crippen LogP) is 1.44. The second kappa shape index (κ2) is 5.41. The van der Waals surface area contributed by atoms with Gasteiger partial charge in [-0.1, -0.05) is 6.07 Å². The molecule has 1 unspecified atom stereocenters. The number of carboxylic acids is 1. The summed E-state index contributed by atoms with van der Waals surface area (Å²) >= 11 is 0. The van der Waals surface area contributed by atoms with E-state index < -0.39 is 29.5 Å². The molecule has 0 fully saturated rings. The van der Waals surface area contributed by atoms with Gasteiger partial charge in [0.15, 0.2) is 11.6 Å². The van der Waals surface area contributed by atoms with Crippen LogP contribution in [0, 0.1) is 11.6 Å². The average molecular weight is 232 g/mol. The lowest BCUT2D eigenvalue weighted by Crippen LogP contribution is -2.31. The Labute approximate surface area is 90.4 Å². The van der Waals surface area contributed by atoms with Crippen molar-refractivity contribution in [1.29, 1.82) is 0 Å². The summed E-state index contributed by atoms with van der Waals surface area (Å²) in [5, 5.41) is 8.70. The van der Waals surface area contributed by atoms with Crippen molar-refractivity contribution >= 4 is 5.97 Å². The maximum atomic E-state index is 13.1. The van der Waals surface area contributed by atoms with Crippen molar-refractivity contribution < 1.29 is 28.2 Å². The maximum absolute atomic E-state index is 13.1. The molecule has 1 atom stereocenters. The Kier molecular flexibility index (Phi) is 4.19. The zero-order valence-corrected chi connectivity index (χ0v) is 8.44. The van der Waals surface area contributed by atoms with Crippen LogP contribution in [-0.2, 0) is 9.53 Å². The fourth-order valence-corrected chi connectivity index (χ4v) is 1.04. The topological polar surface area (TPSA) is 55.8 Å². The van der Waals surface area contributed by atoms with Crippen molar-refractivity contribution in [2.24, 2.45) is 0 Å². The Bertz CT molecular complexity index is 381. The lowest BCUT2D eigenvalue weighted by atomic mass is 10.3. The molecule has 0 aromatic heterocycles. The third-order valence-electron chi connectivity index (χ3n) is 1.78. The molecular weight excluding hydrogens is 222 g/mol. The number of carboxylic acid groups (broad SMARTS) is 1. The smallest absolute Gasteiger partial charge is 0.347 e. The largest absolute Gasteiger partial charge is 0.478 e. The lowest BCUT2D eigenvalue weighted by molar-refractivity contribution is -0.147. The van der Waals surface area contributed by atoms with Crippen LogP contribution in [-0.4, -0.2) is 30.9 Å². The first kappa shape index (κ1) is 12.4. The number of aliphatic carboxylic acids is 1. The van der Waals surface area contributed by atoms with Gasteiger partial charge in [0.05, 0.1) is 6.61 Å². The molecule has 4 nitrogen and oxygen atoms in total. The monoisotopic (exact) mass is 232 g/mol. The van der Waals surface area contributed by atoms with Crippen molar-refractivity contribution in [2.75, 3.05) is 13.7 Å². The van der Waals surface area contributed by atoms with Crippen LogP contribution in [0.3, 0.4) is 0 Å². The molecule has 0 bridgehead atoms. The second-order valence-electron chi connectivity index (χ2n) is 2.95. The van der Waals surface area contributed by atoms with Gasteiger partial charge >= 0.3 is 5.97 Å². The van der Waals surface area contributed by atoms with E-state index in [4.69, 9.17) is 9.84 Å². The molecule has 0 aliphatic rings. The van der Waals surface area contributed by atoms with Gasteiger partial charge in [-0.2, -0.15) is 4.39 Å². The fraction of sp³-hybridized carbons (Fsp3) is 0.300. The molecule has 0 aliphatic carbocycles. The molecule has 88 valence electrons. The lowest BCUT2D eigenvalue weighted by Gasteiger charge is -2.14. The van der Waals surface area contributed by atoms with Crippen molar-refractivity contribution in [3.05, 3.63) is 29.8 Å². The number of carbonyl (C=O) groups is 1. The van der Waals surface area contributed by atoms with Crippen LogP contribution >= 0.6 is 0 Å². The van der Waals surface area contributed by atoms with Gasteiger partial charge in [-0.25, -0.2) is 9.18 Å². The molecular formula is C10H10F2O4. The number of hydrogen-bond donors (Lipinski definition) is 1. The minimum Gasteiger partial charge on any atom is -0.478 e. The van der Waals surface area contributed by atoms with Crippen LogP contribution in [0.5, 0.6) is 5.75 Å². The quantitative estimate of drug-likeness (QED) is 0.834. The third-order valence-corrected chi connectivity index (χ3v) is 1.78. The molecule has 0 amide bonds. The standard InChI is InChI=1S/C10H10F2O4/c1-15-5-8(10(13)14)16-7-4-2-3-6(11)9(7)12/h2-4,8H,5H2,1H3,(H,13,14). The highest BCUT2D eigenvalue weighted by Crippen LogP contribution is 2.20. The van der Waals surface area contributed by atoms with E-state index in [1.165, 1.54) is 13.2 Å². The van der Waals surface area contributed by atoms with E-state index in [1.54, 1.807) is 0 Å². The molecule has 16 heavy (non-hydrogen) atoms. The van der Waals surface area contributed by atoms with E-state index in [0.717, 1.165) is 12.1 Å². The molecule has 1 rings (SSSR count). The molecule has 0 aliphatic heterocycles. The van der Waals surface area contributed by atoms with E-state index in [0.29, 0.717) is 0 Å². The van der Waals surface area contributed by atoms with Gasteiger partial charge in [0.25, 0.3) is 0 Å². The van der Waals surface area contributed by atoms with Gasteiger partial charge in [0.2, 0.25) is 11.9 Å². The molecule has 0 heterocycles. The van der Waals surface area contributed by atoms with Gasteiger partial charge < -0.3 is 14.6 Å². The van der Waals surface area contributed by atoms with Gasteiger partial charge in [-0.05, 0) is 12.1 Å². The Morgan fingerprint density at radius 1 is 1.50 bits per heavy atom. The summed E-state index contributed by atoms with van der Waals surface area (Å²) in [6.07, 6.45) is -1.37. The zero-order chi connectivity index (χ0) is 12.1. The average Bonchev–Trinajstić information content (AvgIpc) is 2.23. The number of benzene rings is 1. The second-order valence-corrected chi connectivity index (χ2v) is 2.95. The minimum atomic E-state index is -1.37. The highest BCUT2D eigenvalue weighted by Gasteiger charge is 2.21. The Morgan fingerprint density at radius 2 is 2.19 bits per heavy atom. The summed E-state index contributed by atoms with van der Waals surface area (Å²) in [4.78, 5) is 10.7. The van der Waals surface area contributed by atoms with Gasteiger partial charge in [-0.3, -0.25) is 0 Å². The summed E-state index contributed by atoms with van der Waals surface area (Å²) in [6, 6.07) is 3.28. The van der Waals surface area contributed by atoms with Crippen molar-refractivity contribution in [2.45, 2.75) is 6.10 Å². The first-order valence-electron chi connectivity index (χ1n) is 4.38. The van der Waals surface area contributed by atoms with Crippen LogP contribution in [0.25, 0.3) is 0 Å². The highest BCUT2D eigenvalue weighted by atomic mass is 19.2. The molecule has 1 aromatic carbocycles. The highest BCUT2D eigenvalue weighted by molar-refractivity contribution is 5.72. The predicted molar refractivity (Wildman–Crippen MR) is 50.3 cm³/mol. The van der Waals surface area contributed by atoms with Crippen LogP contribution in [0.2, 0.25) is 0 Å². The summed E-state index contributed by atoms with van der Waals surface area (Å²) in [5.74, 6) is -4.08.